The number of nitrogens with one attached hydrogen (secondary N) is 1. The molecular weight excluding hydrogens is 448 g/mol. The van der Waals surface area contributed by atoms with E-state index in [2.05, 4.69) is 54.3 Å². The van der Waals surface area contributed by atoms with Gasteiger partial charge in [-0.05, 0) is 87.4 Å². The van der Waals surface area contributed by atoms with E-state index in [1.807, 2.05) is 38.6 Å². The number of piperidine rings is 1. The van der Waals surface area contributed by atoms with Crippen LogP contribution in [-0.2, 0) is 24.3 Å². The van der Waals surface area contributed by atoms with Crippen molar-refractivity contribution in [2.24, 2.45) is 4.99 Å². The molecule has 1 amide bonds. The Hall–Kier alpha value is -3.42. The molecular formula is C29H34N6O. The third-order valence-corrected chi connectivity index (χ3v) is 6.78. The highest BCUT2D eigenvalue weighted by Crippen LogP contribution is 2.26. The van der Waals surface area contributed by atoms with Gasteiger partial charge < -0.3 is 10.2 Å². The monoisotopic (exact) mass is 482 g/mol. The number of hydrogen-bond acceptors (Lipinski definition) is 6. The fourth-order valence-electron chi connectivity index (χ4n) is 4.98. The lowest BCUT2D eigenvalue weighted by Crippen LogP contribution is -2.29. The van der Waals surface area contributed by atoms with Gasteiger partial charge in [0.2, 0.25) is 0 Å². The molecule has 0 spiro atoms. The van der Waals surface area contributed by atoms with Crippen LogP contribution in [0, 0.1) is 0 Å². The second-order valence-electron chi connectivity index (χ2n) is 10.0. The summed E-state index contributed by atoms with van der Waals surface area (Å²) >= 11 is 0. The molecule has 1 aromatic carbocycles. The number of hydrogen-bond donors (Lipinski definition) is 1. The molecule has 0 radical (unpaired) electrons. The lowest BCUT2D eigenvalue weighted by Gasteiger charge is -2.26. The zero-order valence-electron chi connectivity index (χ0n) is 21.2. The topological polar surface area (TPSA) is 73.7 Å². The quantitative estimate of drug-likeness (QED) is 0.547. The summed E-state index contributed by atoms with van der Waals surface area (Å²) in [6.07, 6.45) is 10.3. The lowest BCUT2D eigenvalue weighted by atomic mass is 9.93. The van der Waals surface area contributed by atoms with Crippen molar-refractivity contribution in [3.63, 3.8) is 0 Å². The number of aliphatic imine (C=N–C) groups is 1. The van der Waals surface area contributed by atoms with Gasteiger partial charge in [-0.25, -0.2) is 0 Å². The van der Waals surface area contributed by atoms with E-state index in [1.54, 1.807) is 6.20 Å². The van der Waals surface area contributed by atoms with Crippen LogP contribution in [0.1, 0.15) is 41.6 Å². The van der Waals surface area contributed by atoms with Gasteiger partial charge in [-0.15, -0.1) is 0 Å². The summed E-state index contributed by atoms with van der Waals surface area (Å²) < 4.78 is 0. The smallest absolute Gasteiger partial charge is 0.274 e. The number of nitrogens with zero attached hydrogens (tertiary/aromatic N) is 5. The van der Waals surface area contributed by atoms with E-state index >= 15 is 0 Å². The molecule has 7 heteroatoms. The average molecular weight is 483 g/mol. The van der Waals surface area contributed by atoms with E-state index in [4.69, 9.17) is 0 Å². The van der Waals surface area contributed by atoms with Crippen LogP contribution in [0.3, 0.4) is 0 Å². The van der Waals surface area contributed by atoms with Crippen LogP contribution in [-0.4, -0.2) is 65.1 Å². The van der Waals surface area contributed by atoms with Crippen LogP contribution in [0.2, 0.25) is 0 Å². The van der Waals surface area contributed by atoms with Crippen molar-refractivity contribution in [1.29, 1.82) is 0 Å². The fourth-order valence-corrected chi connectivity index (χ4v) is 4.98. The van der Waals surface area contributed by atoms with Gasteiger partial charge in [-0.1, -0.05) is 18.6 Å². The van der Waals surface area contributed by atoms with Crippen LogP contribution >= 0.6 is 0 Å². The van der Waals surface area contributed by atoms with E-state index in [0.29, 0.717) is 17.9 Å². The summed E-state index contributed by atoms with van der Waals surface area (Å²) in [7, 11) is 4.01. The van der Waals surface area contributed by atoms with Gasteiger partial charge in [0.05, 0.1) is 17.6 Å². The first-order valence-corrected chi connectivity index (χ1v) is 12.8. The maximum Gasteiger partial charge on any atom is 0.274 e. The molecule has 36 heavy (non-hydrogen) atoms. The number of benzene rings is 1. The Balaban J connectivity index is 1.34. The minimum absolute atomic E-state index is 0.202. The van der Waals surface area contributed by atoms with Crippen LogP contribution in [0.25, 0.3) is 11.1 Å². The molecule has 4 heterocycles. The van der Waals surface area contributed by atoms with Crippen molar-refractivity contribution < 1.29 is 4.79 Å². The number of aromatic nitrogens is 2. The number of fused-ring (bicyclic) bond motifs is 1. The molecule has 1 N–H and O–H groups in total. The molecule has 0 bridgehead atoms. The Morgan fingerprint density at radius 3 is 2.64 bits per heavy atom. The Kier molecular flexibility index (Phi) is 7.49. The van der Waals surface area contributed by atoms with Crippen LogP contribution < -0.4 is 5.32 Å². The van der Waals surface area contributed by atoms with Gasteiger partial charge in [0.15, 0.2) is 0 Å². The number of anilines is 1. The molecule has 0 unspecified atom stereocenters. The number of rotatable bonds is 7. The second-order valence-corrected chi connectivity index (χ2v) is 10.0. The van der Waals surface area contributed by atoms with E-state index in [9.17, 15) is 4.79 Å². The zero-order chi connectivity index (χ0) is 24.9. The maximum absolute atomic E-state index is 13.2. The van der Waals surface area contributed by atoms with Crippen molar-refractivity contribution in [3.8, 4) is 11.1 Å². The van der Waals surface area contributed by atoms with Gasteiger partial charge in [-0.3, -0.25) is 24.7 Å². The molecule has 3 aromatic rings. The molecule has 5 rings (SSSR count). The summed E-state index contributed by atoms with van der Waals surface area (Å²) in [5.41, 5.74) is 7.50. The third-order valence-electron chi connectivity index (χ3n) is 6.78. The van der Waals surface area contributed by atoms with Gasteiger partial charge in [-0.2, -0.15) is 0 Å². The molecule has 1 fully saturated rings. The van der Waals surface area contributed by atoms with E-state index in [1.165, 1.54) is 24.8 Å². The maximum atomic E-state index is 13.2. The molecule has 2 aliphatic heterocycles. The molecule has 186 valence electrons. The predicted molar refractivity (Wildman–Crippen MR) is 144 cm³/mol. The Morgan fingerprint density at radius 2 is 1.86 bits per heavy atom. The Morgan fingerprint density at radius 1 is 1.00 bits per heavy atom. The van der Waals surface area contributed by atoms with E-state index < -0.39 is 0 Å². The predicted octanol–water partition coefficient (Wildman–Crippen LogP) is 4.18. The van der Waals surface area contributed by atoms with Crippen molar-refractivity contribution >= 4 is 17.3 Å². The number of carbonyl (C=O) groups is 1. The summed E-state index contributed by atoms with van der Waals surface area (Å²) in [6, 6.07) is 12.4. The van der Waals surface area contributed by atoms with Crippen molar-refractivity contribution in [2.45, 2.75) is 38.8 Å². The van der Waals surface area contributed by atoms with E-state index in [-0.39, 0.29) is 5.91 Å². The summed E-state index contributed by atoms with van der Waals surface area (Å²) in [5, 5.41) is 2.98. The first-order valence-electron chi connectivity index (χ1n) is 12.8. The van der Waals surface area contributed by atoms with Crippen LogP contribution in [0.5, 0.6) is 0 Å². The fraction of sp³-hybridized carbons (Fsp3) is 0.379. The second kappa shape index (κ2) is 11.1. The molecule has 2 aromatic heterocycles. The Labute approximate surface area is 213 Å². The SMILES string of the molecule is CN(C)Cc1ccc(NC(=O)C2=NCCc3ccc(-c4cncc(CN5CCCCC5)c4)cc32)cn1. The van der Waals surface area contributed by atoms with Crippen molar-refractivity contribution in [3.05, 3.63) is 77.4 Å². The Bertz CT molecular complexity index is 1240. The summed E-state index contributed by atoms with van der Waals surface area (Å²) in [6.45, 7) is 4.62. The van der Waals surface area contributed by atoms with Crippen molar-refractivity contribution in [2.75, 3.05) is 39.0 Å². The minimum Gasteiger partial charge on any atom is -0.319 e. The van der Waals surface area contributed by atoms with Gasteiger partial charge in [0, 0.05) is 43.2 Å². The zero-order valence-corrected chi connectivity index (χ0v) is 21.2. The molecule has 0 saturated carbocycles. The van der Waals surface area contributed by atoms with Crippen LogP contribution in [0.15, 0.2) is 60.0 Å². The highest BCUT2D eigenvalue weighted by atomic mass is 16.1. The van der Waals surface area contributed by atoms with Crippen molar-refractivity contribution in [1.82, 2.24) is 19.8 Å². The number of carbonyl (C=O) groups excluding carboxylic acids is 1. The molecule has 1 saturated heterocycles. The highest BCUT2D eigenvalue weighted by molar-refractivity contribution is 6.49. The molecule has 0 atom stereocenters. The summed E-state index contributed by atoms with van der Waals surface area (Å²) in [4.78, 5) is 31.4. The van der Waals surface area contributed by atoms with Crippen LogP contribution in [0.4, 0.5) is 5.69 Å². The average Bonchev–Trinajstić information content (AvgIpc) is 2.89. The largest absolute Gasteiger partial charge is 0.319 e. The lowest BCUT2D eigenvalue weighted by molar-refractivity contribution is -0.110. The minimum atomic E-state index is -0.202. The molecule has 7 nitrogen and oxygen atoms in total. The third kappa shape index (κ3) is 5.86. The first kappa shape index (κ1) is 24.3. The van der Waals surface area contributed by atoms with Gasteiger partial charge in [0.25, 0.3) is 5.91 Å². The van der Waals surface area contributed by atoms with Gasteiger partial charge >= 0.3 is 0 Å². The molecule has 0 aliphatic carbocycles. The van der Waals surface area contributed by atoms with E-state index in [0.717, 1.165) is 60.5 Å². The number of pyridine rings is 2. The van der Waals surface area contributed by atoms with Gasteiger partial charge in [0.1, 0.15) is 5.71 Å². The summed E-state index contributed by atoms with van der Waals surface area (Å²) in [5.74, 6) is -0.202. The standard InChI is InChI=1S/C29H34N6O/c1-34(2)20-26-9-8-25(18-32-26)33-29(36)28-27-15-23(7-6-22(27)10-11-31-28)24-14-21(16-30-17-24)19-35-12-4-3-5-13-35/h6-9,14-18H,3-5,10-13,19-20H2,1-2H3,(H,33,36). The highest BCUT2D eigenvalue weighted by Gasteiger charge is 2.22. The molecule has 2 aliphatic rings. The normalized spacial score (nSPS) is 15.9. The number of likely N-dealkylation sites (tertiary alicyclic amines) is 1. The first-order chi connectivity index (χ1) is 17.5. The number of amides is 1.